The van der Waals surface area contributed by atoms with Gasteiger partial charge in [0, 0.05) is 39.3 Å². The molecule has 1 saturated heterocycles. The Hall–Kier alpha value is -0.160. The number of likely N-dealkylation sites (N-methyl/N-ethyl adjacent to an activating group) is 2. The fourth-order valence-corrected chi connectivity index (χ4v) is 2.12. The molecule has 0 bridgehead atoms. The predicted octanol–water partition coefficient (Wildman–Crippen LogP) is 1.01. The number of rotatable bonds is 7. The van der Waals surface area contributed by atoms with Crippen molar-refractivity contribution >= 4 is 0 Å². The van der Waals surface area contributed by atoms with Gasteiger partial charge < -0.3 is 20.2 Å². The van der Waals surface area contributed by atoms with Crippen molar-refractivity contribution in [1.29, 1.82) is 0 Å². The molecule has 110 valence electrons. The molecule has 0 unspecified atom stereocenters. The Kier molecular flexibility index (Phi) is 11.8. The highest BCUT2D eigenvalue weighted by atomic mass is 16.3. The van der Waals surface area contributed by atoms with Gasteiger partial charge in [-0.25, -0.2) is 0 Å². The van der Waals surface area contributed by atoms with Crippen LogP contribution in [0.25, 0.3) is 0 Å². The van der Waals surface area contributed by atoms with Gasteiger partial charge >= 0.3 is 0 Å². The molecular weight excluding hydrogens is 226 g/mol. The van der Waals surface area contributed by atoms with Crippen LogP contribution >= 0.6 is 0 Å². The highest BCUT2D eigenvalue weighted by Crippen LogP contribution is 2.09. The molecule has 1 heterocycles. The van der Waals surface area contributed by atoms with Crippen LogP contribution in [-0.4, -0.2) is 73.9 Å². The standard InChI is InChI=1S/C12H27N3O.C2H6/c1-3-14(9-6-13-2)10-11-15-7-4-12(16)5-8-15;1-2/h12-13,16H,3-11H2,1-2H3;1-2H3. The normalized spacial score (nSPS) is 17.7. The predicted molar refractivity (Wildman–Crippen MR) is 79.1 cm³/mol. The molecule has 18 heavy (non-hydrogen) atoms. The van der Waals surface area contributed by atoms with Gasteiger partial charge in [-0.05, 0) is 26.4 Å². The van der Waals surface area contributed by atoms with Crippen molar-refractivity contribution in [2.75, 3.05) is 52.9 Å². The zero-order chi connectivity index (χ0) is 13.8. The largest absolute Gasteiger partial charge is 0.393 e. The maximum Gasteiger partial charge on any atom is 0.0564 e. The summed E-state index contributed by atoms with van der Waals surface area (Å²) in [5, 5.41) is 12.6. The minimum atomic E-state index is -0.0529. The number of hydrogen-bond acceptors (Lipinski definition) is 4. The van der Waals surface area contributed by atoms with Gasteiger partial charge in [0.1, 0.15) is 0 Å². The van der Waals surface area contributed by atoms with Gasteiger partial charge in [0.05, 0.1) is 6.10 Å². The maximum absolute atomic E-state index is 9.42. The summed E-state index contributed by atoms with van der Waals surface area (Å²) in [7, 11) is 2.00. The molecule has 0 atom stereocenters. The van der Waals surface area contributed by atoms with E-state index < -0.39 is 0 Å². The number of piperidine rings is 1. The lowest BCUT2D eigenvalue weighted by Gasteiger charge is -2.31. The lowest BCUT2D eigenvalue weighted by Crippen LogP contribution is -2.42. The first-order valence-corrected chi connectivity index (χ1v) is 7.53. The third-order valence-corrected chi connectivity index (χ3v) is 3.41. The van der Waals surface area contributed by atoms with Crippen LogP contribution in [-0.2, 0) is 0 Å². The summed E-state index contributed by atoms with van der Waals surface area (Å²) >= 11 is 0. The van der Waals surface area contributed by atoms with Crippen molar-refractivity contribution < 1.29 is 5.11 Å². The zero-order valence-electron chi connectivity index (χ0n) is 12.8. The summed E-state index contributed by atoms with van der Waals surface area (Å²) < 4.78 is 0. The average molecular weight is 259 g/mol. The Balaban J connectivity index is 0.00000137. The van der Waals surface area contributed by atoms with Crippen LogP contribution in [0.1, 0.15) is 33.6 Å². The summed E-state index contributed by atoms with van der Waals surface area (Å²) in [6.45, 7) is 13.9. The highest BCUT2D eigenvalue weighted by Gasteiger charge is 2.16. The minimum absolute atomic E-state index is 0.0529. The van der Waals surface area contributed by atoms with Gasteiger partial charge in [-0.3, -0.25) is 0 Å². The fraction of sp³-hybridized carbons (Fsp3) is 1.00. The first-order valence-electron chi connectivity index (χ1n) is 7.53. The molecule has 1 rings (SSSR count). The molecule has 0 spiro atoms. The van der Waals surface area contributed by atoms with Gasteiger partial charge in [0.2, 0.25) is 0 Å². The van der Waals surface area contributed by atoms with Gasteiger partial charge in [-0.1, -0.05) is 20.8 Å². The fourth-order valence-electron chi connectivity index (χ4n) is 2.12. The zero-order valence-corrected chi connectivity index (χ0v) is 12.8. The summed E-state index contributed by atoms with van der Waals surface area (Å²) in [5.74, 6) is 0. The molecule has 1 aliphatic rings. The Morgan fingerprint density at radius 1 is 1.22 bits per heavy atom. The number of nitrogens with one attached hydrogen (secondary N) is 1. The number of likely N-dealkylation sites (tertiary alicyclic amines) is 1. The van der Waals surface area contributed by atoms with E-state index >= 15 is 0 Å². The van der Waals surface area contributed by atoms with Crippen LogP contribution in [0, 0.1) is 0 Å². The van der Waals surface area contributed by atoms with Crippen molar-refractivity contribution in [3.63, 3.8) is 0 Å². The SMILES string of the molecule is CC.CCN(CCNC)CCN1CCC(O)CC1. The minimum Gasteiger partial charge on any atom is -0.393 e. The van der Waals surface area contributed by atoms with E-state index in [-0.39, 0.29) is 6.10 Å². The monoisotopic (exact) mass is 259 g/mol. The summed E-state index contributed by atoms with van der Waals surface area (Å²) in [5.41, 5.74) is 0. The third kappa shape index (κ3) is 8.03. The molecule has 0 aromatic heterocycles. The van der Waals surface area contributed by atoms with Crippen molar-refractivity contribution in [2.24, 2.45) is 0 Å². The number of nitrogens with zero attached hydrogens (tertiary/aromatic N) is 2. The van der Waals surface area contributed by atoms with Crippen molar-refractivity contribution in [3.05, 3.63) is 0 Å². The summed E-state index contributed by atoms with van der Waals surface area (Å²) in [6.07, 6.45) is 1.84. The molecule has 1 aliphatic heterocycles. The summed E-state index contributed by atoms with van der Waals surface area (Å²) in [4.78, 5) is 4.94. The first kappa shape index (κ1) is 17.8. The third-order valence-electron chi connectivity index (χ3n) is 3.41. The Morgan fingerprint density at radius 3 is 2.33 bits per heavy atom. The van der Waals surface area contributed by atoms with Crippen LogP contribution in [0.2, 0.25) is 0 Å². The molecule has 1 fully saturated rings. The van der Waals surface area contributed by atoms with Gasteiger partial charge in [0.15, 0.2) is 0 Å². The lowest BCUT2D eigenvalue weighted by atomic mass is 10.1. The number of aliphatic hydroxyl groups is 1. The number of aliphatic hydroxyl groups excluding tert-OH is 1. The van der Waals surface area contributed by atoms with E-state index in [1.54, 1.807) is 0 Å². The smallest absolute Gasteiger partial charge is 0.0564 e. The second kappa shape index (κ2) is 11.9. The van der Waals surface area contributed by atoms with E-state index in [1.165, 1.54) is 0 Å². The Morgan fingerprint density at radius 2 is 1.83 bits per heavy atom. The van der Waals surface area contributed by atoms with Gasteiger partial charge in [-0.2, -0.15) is 0 Å². The van der Waals surface area contributed by atoms with Crippen LogP contribution < -0.4 is 5.32 Å². The van der Waals surface area contributed by atoms with Crippen LogP contribution in [0.4, 0.5) is 0 Å². The van der Waals surface area contributed by atoms with Crippen LogP contribution in [0.3, 0.4) is 0 Å². The van der Waals surface area contributed by atoms with E-state index in [2.05, 4.69) is 22.0 Å². The van der Waals surface area contributed by atoms with E-state index in [4.69, 9.17) is 0 Å². The molecule has 0 radical (unpaired) electrons. The van der Waals surface area contributed by atoms with Crippen molar-refractivity contribution in [2.45, 2.75) is 39.7 Å². The molecule has 0 aromatic carbocycles. The van der Waals surface area contributed by atoms with E-state index in [1.807, 2.05) is 20.9 Å². The van der Waals surface area contributed by atoms with E-state index in [9.17, 15) is 5.11 Å². The van der Waals surface area contributed by atoms with Crippen LogP contribution in [0.15, 0.2) is 0 Å². The molecule has 0 saturated carbocycles. The number of hydrogen-bond donors (Lipinski definition) is 2. The summed E-state index contributed by atoms with van der Waals surface area (Å²) in [6, 6.07) is 0. The van der Waals surface area contributed by atoms with E-state index in [0.717, 1.165) is 58.7 Å². The molecule has 2 N–H and O–H groups in total. The molecule has 0 aromatic rings. The Labute approximate surface area is 113 Å². The second-order valence-corrected chi connectivity index (χ2v) is 4.61. The molecule has 0 amide bonds. The van der Waals surface area contributed by atoms with Crippen molar-refractivity contribution in [1.82, 2.24) is 15.1 Å². The van der Waals surface area contributed by atoms with E-state index in [0.29, 0.717) is 0 Å². The van der Waals surface area contributed by atoms with Gasteiger partial charge in [0.25, 0.3) is 0 Å². The van der Waals surface area contributed by atoms with Crippen LogP contribution in [0.5, 0.6) is 0 Å². The second-order valence-electron chi connectivity index (χ2n) is 4.61. The average Bonchev–Trinajstić information content (AvgIpc) is 2.43. The molecule has 0 aliphatic carbocycles. The highest BCUT2D eigenvalue weighted by molar-refractivity contribution is 4.72. The molecule has 4 heteroatoms. The Bertz CT molecular complexity index is 166. The quantitative estimate of drug-likeness (QED) is 0.716. The first-order chi connectivity index (χ1) is 8.76. The van der Waals surface area contributed by atoms with Gasteiger partial charge in [-0.15, -0.1) is 0 Å². The molecular formula is C14H33N3O. The lowest BCUT2D eigenvalue weighted by molar-refractivity contribution is 0.0771. The topological polar surface area (TPSA) is 38.7 Å². The van der Waals surface area contributed by atoms with Crippen molar-refractivity contribution in [3.8, 4) is 0 Å². The molecule has 4 nitrogen and oxygen atoms in total. The maximum atomic E-state index is 9.42.